The normalized spacial score (nSPS) is 12.3. The third kappa shape index (κ3) is 4.91. The van der Waals surface area contributed by atoms with Crippen LogP contribution in [0.2, 0.25) is 0 Å². The smallest absolute Gasteiger partial charge is 0.0949 e. The fraction of sp³-hybridized carbons (Fsp3) is 0.0465. The van der Waals surface area contributed by atoms with Crippen LogP contribution >= 0.6 is 0 Å². The van der Waals surface area contributed by atoms with Crippen LogP contribution in [0, 0.1) is 0 Å². The van der Waals surface area contributed by atoms with Crippen molar-refractivity contribution in [2.24, 2.45) is 4.99 Å². The van der Waals surface area contributed by atoms with Gasteiger partial charge in [0.1, 0.15) is 0 Å². The molecule has 9 rings (SSSR count). The van der Waals surface area contributed by atoms with Crippen LogP contribution in [0.3, 0.4) is 0 Å². The summed E-state index contributed by atoms with van der Waals surface area (Å²) in [6.45, 7) is 4.62. The lowest BCUT2D eigenvalue weighted by Gasteiger charge is -2.30. The van der Waals surface area contributed by atoms with Crippen molar-refractivity contribution < 1.29 is 0 Å². The Labute approximate surface area is 275 Å². The fourth-order valence-corrected chi connectivity index (χ4v) is 6.95. The highest BCUT2D eigenvalue weighted by molar-refractivity contribution is 6.09. The highest BCUT2D eigenvalue weighted by atomic mass is 15.3. The van der Waals surface area contributed by atoms with Gasteiger partial charge in [0.15, 0.2) is 0 Å². The number of hydrogen-bond donors (Lipinski definition) is 0. The summed E-state index contributed by atoms with van der Waals surface area (Å²) in [5, 5.41) is 4.91. The molecule has 0 amide bonds. The Hall–Kier alpha value is -6.13. The van der Waals surface area contributed by atoms with E-state index >= 15 is 0 Å². The van der Waals surface area contributed by atoms with Crippen molar-refractivity contribution in [3.05, 3.63) is 164 Å². The van der Waals surface area contributed by atoms with Crippen molar-refractivity contribution in [1.29, 1.82) is 0 Å². The molecule has 0 aliphatic carbocycles. The van der Waals surface area contributed by atoms with Crippen LogP contribution in [0.15, 0.2) is 169 Å². The first-order valence-corrected chi connectivity index (χ1v) is 15.9. The standard InChI is InChI=1S/C25H21N3.C18H13N/c1-26-25-19-10-4-3-9-18(19)15-16-24(25)28-17-27(2)22-13-7-5-11-20(22)21-12-6-8-14-23(21)28;1-2-8-14(9-3-1)19-17-12-6-4-10-15(17)16-11-5-7-13-18(16)19/h3-16H,1,17H2,2H3;1-13H. The van der Waals surface area contributed by atoms with E-state index < -0.39 is 0 Å². The van der Waals surface area contributed by atoms with Gasteiger partial charge in [0, 0.05) is 45.7 Å². The first-order chi connectivity index (χ1) is 23.2. The monoisotopic (exact) mass is 606 g/mol. The van der Waals surface area contributed by atoms with E-state index in [1.165, 1.54) is 55.4 Å². The molecule has 2 heterocycles. The average Bonchev–Trinajstić information content (AvgIpc) is 3.42. The number of rotatable bonds is 3. The molecule has 0 spiro atoms. The molecule has 1 aliphatic heterocycles. The summed E-state index contributed by atoms with van der Waals surface area (Å²) < 4.78 is 2.32. The highest BCUT2D eigenvalue weighted by Gasteiger charge is 2.25. The molecule has 0 atom stereocenters. The minimum absolute atomic E-state index is 0.731. The summed E-state index contributed by atoms with van der Waals surface area (Å²) in [6, 6.07) is 57.5. The number of para-hydroxylation sites is 5. The Bertz CT molecular complexity index is 2330. The predicted octanol–water partition coefficient (Wildman–Crippen LogP) is 11.2. The molecular weight excluding hydrogens is 573 g/mol. The van der Waals surface area contributed by atoms with Crippen LogP contribution in [0.4, 0.5) is 22.7 Å². The lowest BCUT2D eigenvalue weighted by Crippen LogP contribution is -2.31. The lowest BCUT2D eigenvalue weighted by atomic mass is 10.0. The van der Waals surface area contributed by atoms with Gasteiger partial charge in [-0.3, -0.25) is 4.99 Å². The quantitative estimate of drug-likeness (QED) is 0.187. The molecule has 0 saturated heterocycles. The molecule has 1 aliphatic rings. The fourth-order valence-electron chi connectivity index (χ4n) is 6.95. The third-order valence-corrected chi connectivity index (χ3v) is 9.08. The van der Waals surface area contributed by atoms with Gasteiger partial charge in [-0.1, -0.05) is 121 Å². The zero-order chi connectivity index (χ0) is 31.7. The Morgan fingerprint density at radius 3 is 1.70 bits per heavy atom. The average molecular weight is 607 g/mol. The number of benzene rings is 7. The number of aromatic nitrogens is 1. The van der Waals surface area contributed by atoms with E-state index in [9.17, 15) is 0 Å². The molecule has 0 saturated carbocycles. The van der Waals surface area contributed by atoms with E-state index in [4.69, 9.17) is 0 Å². The second-order valence-corrected chi connectivity index (χ2v) is 11.8. The Balaban J connectivity index is 0.000000148. The van der Waals surface area contributed by atoms with Gasteiger partial charge in [0.05, 0.1) is 34.8 Å². The van der Waals surface area contributed by atoms with Crippen LogP contribution in [0.5, 0.6) is 0 Å². The van der Waals surface area contributed by atoms with E-state index in [1.807, 2.05) is 0 Å². The molecule has 4 nitrogen and oxygen atoms in total. The van der Waals surface area contributed by atoms with Crippen molar-refractivity contribution >= 4 is 62.0 Å². The van der Waals surface area contributed by atoms with Crippen molar-refractivity contribution in [2.45, 2.75) is 0 Å². The zero-order valence-corrected chi connectivity index (χ0v) is 26.3. The minimum Gasteiger partial charge on any atom is -0.356 e. The Kier molecular flexibility index (Phi) is 7.23. The molecule has 4 heteroatoms. The topological polar surface area (TPSA) is 23.8 Å². The maximum absolute atomic E-state index is 4.44. The van der Waals surface area contributed by atoms with Gasteiger partial charge in [-0.25, -0.2) is 0 Å². The summed E-state index contributed by atoms with van der Waals surface area (Å²) in [4.78, 5) is 9.07. The van der Waals surface area contributed by atoms with Crippen LogP contribution in [0.1, 0.15) is 0 Å². The number of nitrogens with zero attached hydrogens (tertiary/aromatic N) is 4. The van der Waals surface area contributed by atoms with E-state index in [-0.39, 0.29) is 0 Å². The van der Waals surface area contributed by atoms with Crippen LogP contribution in [0.25, 0.3) is 49.4 Å². The molecule has 0 radical (unpaired) electrons. The molecule has 47 heavy (non-hydrogen) atoms. The van der Waals surface area contributed by atoms with Gasteiger partial charge in [-0.05, 0) is 54.6 Å². The predicted molar refractivity (Wildman–Crippen MR) is 201 cm³/mol. The second kappa shape index (κ2) is 12.0. The SMILES string of the molecule is C=Nc1c(N2CN(C)c3ccccc3-c3ccccc32)ccc2ccccc12.c1ccc(-n2c3ccccc3c3ccccc32)cc1. The molecule has 0 unspecified atom stereocenters. The van der Waals surface area contributed by atoms with Gasteiger partial charge in [0.25, 0.3) is 0 Å². The van der Waals surface area contributed by atoms with E-state index in [0.29, 0.717) is 0 Å². The van der Waals surface area contributed by atoms with E-state index in [1.54, 1.807) is 0 Å². The summed E-state index contributed by atoms with van der Waals surface area (Å²) in [6.07, 6.45) is 0. The summed E-state index contributed by atoms with van der Waals surface area (Å²) >= 11 is 0. The maximum Gasteiger partial charge on any atom is 0.0949 e. The van der Waals surface area contributed by atoms with Crippen LogP contribution in [-0.2, 0) is 0 Å². The largest absolute Gasteiger partial charge is 0.356 e. The van der Waals surface area contributed by atoms with Gasteiger partial charge in [-0.2, -0.15) is 0 Å². The summed E-state index contributed by atoms with van der Waals surface area (Å²) in [5.74, 6) is 0. The molecular formula is C43H34N4. The summed E-state index contributed by atoms with van der Waals surface area (Å²) in [7, 11) is 2.14. The Morgan fingerprint density at radius 1 is 0.489 bits per heavy atom. The second-order valence-electron chi connectivity index (χ2n) is 11.8. The van der Waals surface area contributed by atoms with Crippen LogP contribution < -0.4 is 9.80 Å². The van der Waals surface area contributed by atoms with Crippen LogP contribution in [-0.4, -0.2) is 25.0 Å². The van der Waals surface area contributed by atoms with Gasteiger partial charge in [0.2, 0.25) is 0 Å². The molecule has 226 valence electrons. The first kappa shape index (κ1) is 28.4. The van der Waals surface area contributed by atoms with Gasteiger partial charge >= 0.3 is 0 Å². The molecule has 0 bridgehead atoms. The number of aliphatic imine (C=N–C) groups is 1. The maximum atomic E-state index is 4.44. The number of fused-ring (bicyclic) bond motifs is 7. The van der Waals surface area contributed by atoms with Crippen molar-refractivity contribution in [3.8, 4) is 16.8 Å². The lowest BCUT2D eigenvalue weighted by molar-refractivity contribution is 0.898. The number of anilines is 3. The van der Waals surface area contributed by atoms with E-state index in [2.05, 4.69) is 197 Å². The molecule has 1 aromatic heterocycles. The zero-order valence-electron chi connectivity index (χ0n) is 26.3. The highest BCUT2D eigenvalue weighted by Crippen LogP contribution is 2.46. The van der Waals surface area contributed by atoms with Gasteiger partial charge in [-0.15, -0.1) is 0 Å². The van der Waals surface area contributed by atoms with Crippen molar-refractivity contribution in [1.82, 2.24) is 4.57 Å². The van der Waals surface area contributed by atoms with Crippen molar-refractivity contribution in [3.63, 3.8) is 0 Å². The molecule has 7 aromatic carbocycles. The van der Waals surface area contributed by atoms with E-state index in [0.717, 1.165) is 23.4 Å². The summed E-state index contributed by atoms with van der Waals surface area (Å²) in [5.41, 5.74) is 10.6. The third-order valence-electron chi connectivity index (χ3n) is 9.08. The molecule has 0 N–H and O–H groups in total. The van der Waals surface area contributed by atoms with Gasteiger partial charge < -0.3 is 14.4 Å². The number of hydrogen-bond acceptors (Lipinski definition) is 3. The first-order valence-electron chi connectivity index (χ1n) is 15.9. The molecule has 0 fully saturated rings. The Morgan fingerprint density at radius 2 is 1.02 bits per heavy atom. The minimum atomic E-state index is 0.731. The molecule has 8 aromatic rings. The van der Waals surface area contributed by atoms with Crippen molar-refractivity contribution in [2.75, 3.05) is 23.5 Å².